The Kier molecular flexibility index (Phi) is 7.99. The van der Waals surface area contributed by atoms with Crippen LogP contribution in [0.5, 0.6) is 0 Å². The van der Waals surface area contributed by atoms with Crippen LogP contribution in [0.3, 0.4) is 0 Å². The van der Waals surface area contributed by atoms with E-state index in [1.165, 1.54) is 11.1 Å². The number of anilines is 1. The van der Waals surface area contributed by atoms with E-state index >= 15 is 0 Å². The molecule has 0 saturated carbocycles. The van der Waals surface area contributed by atoms with Crippen LogP contribution < -0.4 is 5.32 Å². The third-order valence-corrected chi connectivity index (χ3v) is 7.07. The zero-order valence-electron chi connectivity index (χ0n) is 21.0. The summed E-state index contributed by atoms with van der Waals surface area (Å²) in [6.07, 6.45) is 5.71. The van der Waals surface area contributed by atoms with Gasteiger partial charge in [-0.15, -0.1) is 0 Å². The quantitative estimate of drug-likeness (QED) is 0.474. The number of fused-ring (bicyclic) bond motifs is 1. The first-order valence-electron chi connectivity index (χ1n) is 12.5. The molecular weight excluding hydrogens is 436 g/mol. The van der Waals surface area contributed by atoms with Gasteiger partial charge in [0.05, 0.1) is 29.7 Å². The smallest absolute Gasteiger partial charge is 0.255 e. The Morgan fingerprint density at radius 1 is 1.11 bits per heavy atom. The number of aryl methyl sites for hydroxylation is 1. The summed E-state index contributed by atoms with van der Waals surface area (Å²) in [4.78, 5) is 17.4. The molecule has 5 nitrogen and oxygen atoms in total. The van der Waals surface area contributed by atoms with E-state index in [1.54, 1.807) is 6.20 Å². The van der Waals surface area contributed by atoms with Crippen LogP contribution in [0.25, 0.3) is 0 Å². The Bertz CT molecular complexity index is 1140. The van der Waals surface area contributed by atoms with Crippen molar-refractivity contribution in [3.8, 4) is 0 Å². The lowest BCUT2D eigenvalue weighted by Gasteiger charge is -2.27. The molecule has 0 radical (unpaired) electrons. The van der Waals surface area contributed by atoms with Crippen LogP contribution in [0.4, 0.5) is 5.69 Å². The van der Waals surface area contributed by atoms with E-state index < -0.39 is 5.60 Å². The molecular formula is C30H36N2O3. The summed E-state index contributed by atoms with van der Waals surface area (Å²) in [6.45, 7) is 6.31. The zero-order chi connectivity index (χ0) is 24.8. The highest BCUT2D eigenvalue weighted by Gasteiger charge is 2.27. The third kappa shape index (κ3) is 6.77. The molecule has 1 aliphatic rings. The maximum atomic E-state index is 13.1. The summed E-state index contributed by atoms with van der Waals surface area (Å²) < 4.78 is 6.21. The molecule has 184 valence electrons. The maximum absolute atomic E-state index is 13.1. The van der Waals surface area contributed by atoms with Crippen molar-refractivity contribution in [1.29, 1.82) is 0 Å². The van der Waals surface area contributed by atoms with Crippen LogP contribution in [0.2, 0.25) is 0 Å². The number of hydrogen-bond acceptors (Lipinski definition) is 4. The van der Waals surface area contributed by atoms with E-state index in [0.717, 1.165) is 36.9 Å². The van der Waals surface area contributed by atoms with Crippen LogP contribution in [0.1, 0.15) is 78.2 Å². The van der Waals surface area contributed by atoms with Gasteiger partial charge in [0.15, 0.2) is 0 Å². The molecule has 5 heteroatoms. The molecule has 3 atom stereocenters. The highest BCUT2D eigenvalue weighted by atomic mass is 16.5. The minimum absolute atomic E-state index is 0.0236. The normalized spacial score (nSPS) is 23.1. The fourth-order valence-electron chi connectivity index (χ4n) is 4.79. The topological polar surface area (TPSA) is 71.5 Å². The van der Waals surface area contributed by atoms with Crippen molar-refractivity contribution < 1.29 is 14.6 Å². The monoisotopic (exact) mass is 472 g/mol. The fourth-order valence-corrected chi connectivity index (χ4v) is 4.79. The largest absolute Gasteiger partial charge is 0.390 e. The van der Waals surface area contributed by atoms with E-state index in [1.807, 2.05) is 44.2 Å². The lowest BCUT2D eigenvalue weighted by molar-refractivity contribution is 0.00205. The van der Waals surface area contributed by atoms with E-state index in [-0.39, 0.29) is 17.9 Å². The molecule has 0 fully saturated rings. The van der Waals surface area contributed by atoms with Gasteiger partial charge in [0.2, 0.25) is 0 Å². The minimum Gasteiger partial charge on any atom is -0.390 e. The average Bonchev–Trinajstić information content (AvgIpc) is 2.87. The molecule has 4 rings (SSSR count). The number of hydrogen-bond donors (Lipinski definition) is 2. The number of carbonyl (C=O) groups is 1. The van der Waals surface area contributed by atoms with Gasteiger partial charge < -0.3 is 15.2 Å². The molecule has 3 unspecified atom stereocenters. The van der Waals surface area contributed by atoms with Gasteiger partial charge in [0.25, 0.3) is 5.91 Å². The second-order valence-corrected chi connectivity index (χ2v) is 10.1. The molecule has 1 aliphatic heterocycles. The first-order valence-corrected chi connectivity index (χ1v) is 12.5. The number of carbonyl (C=O) groups excluding carboxylic acids is 1. The van der Waals surface area contributed by atoms with E-state index in [4.69, 9.17) is 4.74 Å². The molecule has 1 aromatic heterocycles. The van der Waals surface area contributed by atoms with E-state index in [9.17, 15) is 9.90 Å². The summed E-state index contributed by atoms with van der Waals surface area (Å²) in [5.41, 5.74) is 4.86. The van der Waals surface area contributed by atoms with Gasteiger partial charge in [-0.3, -0.25) is 9.78 Å². The van der Waals surface area contributed by atoms with Crippen LogP contribution >= 0.6 is 0 Å². The summed E-state index contributed by atoms with van der Waals surface area (Å²) in [6, 6.07) is 20.1. The van der Waals surface area contributed by atoms with Crippen LogP contribution in [0.15, 0.2) is 66.9 Å². The van der Waals surface area contributed by atoms with E-state index in [2.05, 4.69) is 47.6 Å². The summed E-state index contributed by atoms with van der Waals surface area (Å²) in [5, 5.41) is 14.0. The summed E-state index contributed by atoms with van der Waals surface area (Å²) >= 11 is 0. The van der Waals surface area contributed by atoms with Gasteiger partial charge in [-0.25, -0.2) is 0 Å². The zero-order valence-corrected chi connectivity index (χ0v) is 21.0. The maximum Gasteiger partial charge on any atom is 0.255 e. The van der Waals surface area contributed by atoms with Crippen molar-refractivity contribution in [2.45, 2.75) is 77.1 Å². The second-order valence-electron chi connectivity index (χ2n) is 10.1. The molecule has 3 aromatic rings. The number of nitrogens with zero attached hydrogens (tertiary/aromatic N) is 1. The van der Waals surface area contributed by atoms with Crippen molar-refractivity contribution in [2.24, 2.45) is 0 Å². The number of rotatable bonds is 4. The van der Waals surface area contributed by atoms with E-state index in [0.29, 0.717) is 24.3 Å². The Balaban J connectivity index is 1.67. The number of amides is 1. The minimum atomic E-state index is -0.724. The van der Waals surface area contributed by atoms with Crippen molar-refractivity contribution in [1.82, 2.24) is 4.98 Å². The number of aromatic nitrogens is 1. The SMILES string of the molecule is Cc1ncccc1NC(=O)c1ccc2c(c1)COC(C)CCC(C)(O)CCC2Cc1ccccc1. The lowest BCUT2D eigenvalue weighted by Crippen LogP contribution is -2.26. The molecule has 1 amide bonds. The predicted molar refractivity (Wildman–Crippen MR) is 140 cm³/mol. The van der Waals surface area contributed by atoms with Crippen LogP contribution in [-0.4, -0.2) is 27.7 Å². The molecule has 2 N–H and O–H groups in total. The molecule has 2 aromatic carbocycles. The number of ether oxygens (including phenoxy) is 1. The van der Waals surface area contributed by atoms with Gasteiger partial charge in [-0.1, -0.05) is 36.4 Å². The van der Waals surface area contributed by atoms with Crippen LogP contribution in [0, 0.1) is 6.92 Å². The van der Waals surface area contributed by atoms with Gasteiger partial charge in [-0.05, 0) is 99.7 Å². The van der Waals surface area contributed by atoms with Crippen molar-refractivity contribution >= 4 is 11.6 Å². The van der Waals surface area contributed by atoms with Crippen molar-refractivity contribution in [3.63, 3.8) is 0 Å². The average molecular weight is 473 g/mol. The molecule has 35 heavy (non-hydrogen) atoms. The number of aliphatic hydroxyl groups is 1. The van der Waals surface area contributed by atoms with Crippen molar-refractivity contribution in [3.05, 3.63) is 94.8 Å². The molecule has 0 bridgehead atoms. The van der Waals surface area contributed by atoms with Gasteiger partial charge in [0.1, 0.15) is 0 Å². The summed E-state index contributed by atoms with van der Waals surface area (Å²) in [5.74, 6) is 0.0577. The second kappa shape index (κ2) is 11.1. The standard InChI is InChI=1S/C30H36N2O3/c1-21-13-15-30(3,34)16-14-24(18-23-8-5-4-6-9-23)27-12-11-25(19-26(27)20-35-21)29(33)32-28-10-7-17-31-22(28)2/h4-12,17,19,21,24,34H,13-16,18,20H2,1-3H3,(H,32,33). The predicted octanol–water partition coefficient (Wildman–Crippen LogP) is 6.20. The molecule has 0 spiro atoms. The first-order chi connectivity index (χ1) is 16.8. The number of nitrogens with one attached hydrogen (secondary N) is 1. The first kappa shape index (κ1) is 25.1. The van der Waals surface area contributed by atoms with Gasteiger partial charge in [0, 0.05) is 11.8 Å². The Morgan fingerprint density at radius 2 is 1.89 bits per heavy atom. The number of benzene rings is 2. The van der Waals surface area contributed by atoms with Gasteiger partial charge >= 0.3 is 0 Å². The van der Waals surface area contributed by atoms with Crippen LogP contribution in [-0.2, 0) is 17.8 Å². The summed E-state index contributed by atoms with van der Waals surface area (Å²) in [7, 11) is 0. The molecule has 0 saturated heterocycles. The third-order valence-electron chi connectivity index (χ3n) is 7.07. The Labute approximate surface area is 208 Å². The Hall–Kier alpha value is -3.02. The molecule has 2 heterocycles. The highest BCUT2D eigenvalue weighted by Crippen LogP contribution is 2.34. The molecule has 0 aliphatic carbocycles. The number of pyridine rings is 1. The van der Waals surface area contributed by atoms with Crippen molar-refractivity contribution in [2.75, 3.05) is 5.32 Å². The Morgan fingerprint density at radius 3 is 2.66 bits per heavy atom. The highest BCUT2D eigenvalue weighted by molar-refractivity contribution is 6.04. The fraction of sp³-hybridized carbons (Fsp3) is 0.400. The lowest BCUT2D eigenvalue weighted by atomic mass is 9.81. The van der Waals surface area contributed by atoms with Gasteiger partial charge in [-0.2, -0.15) is 0 Å².